The zero-order chi connectivity index (χ0) is 23.9. The smallest absolute Gasteiger partial charge is 0.327 e. The molecule has 0 unspecified atom stereocenters. The number of nitrogens with zero attached hydrogens (tertiary/aromatic N) is 2. The first-order valence-electron chi connectivity index (χ1n) is 11.6. The summed E-state index contributed by atoms with van der Waals surface area (Å²) in [6, 6.07) is 16.7. The largest absolute Gasteiger partial charge is 0.496 e. The van der Waals surface area contributed by atoms with Gasteiger partial charge in [0.25, 0.3) is 0 Å². The molecule has 2 amide bonds. The van der Waals surface area contributed by atoms with Crippen molar-refractivity contribution in [2.75, 3.05) is 20.8 Å². The van der Waals surface area contributed by atoms with Crippen molar-refractivity contribution in [1.29, 1.82) is 0 Å². The highest BCUT2D eigenvalue weighted by molar-refractivity contribution is 6.09. The number of hydrogen-bond acceptors (Lipinski definition) is 6. The van der Waals surface area contributed by atoms with Gasteiger partial charge in [-0.2, -0.15) is 0 Å². The Labute approximate surface area is 198 Å². The van der Waals surface area contributed by atoms with Crippen LogP contribution in [0.15, 0.2) is 60.7 Å². The van der Waals surface area contributed by atoms with E-state index >= 15 is 0 Å². The Hall–Kier alpha value is -3.45. The summed E-state index contributed by atoms with van der Waals surface area (Å²) in [7, 11) is 2.96. The summed E-state index contributed by atoms with van der Waals surface area (Å²) >= 11 is 0. The number of ether oxygens (including phenoxy) is 2. The minimum Gasteiger partial charge on any atom is -0.496 e. The fraction of sp³-hybridized carbons (Fsp3) is 0.370. The SMILES string of the molecule is COC(=O)[C@@]12CCCN1[C@H](/C=C/c1ccccc1OC)[C@@H]1C(=O)N(Cc3ccccc3)C(=O)[C@@H]12. The predicted octanol–water partition coefficient (Wildman–Crippen LogP) is 2.90. The fourth-order valence-corrected chi connectivity index (χ4v) is 6.08. The molecule has 7 heteroatoms. The number of fused-ring (bicyclic) bond motifs is 3. The van der Waals surface area contributed by atoms with Gasteiger partial charge in [0.2, 0.25) is 11.8 Å². The van der Waals surface area contributed by atoms with Gasteiger partial charge < -0.3 is 9.47 Å². The first kappa shape index (κ1) is 22.3. The third-order valence-electron chi connectivity index (χ3n) is 7.49. The van der Waals surface area contributed by atoms with Crippen molar-refractivity contribution in [2.24, 2.45) is 11.8 Å². The van der Waals surface area contributed by atoms with E-state index in [2.05, 4.69) is 0 Å². The summed E-state index contributed by atoms with van der Waals surface area (Å²) in [5.74, 6) is -1.63. The monoisotopic (exact) mass is 460 g/mol. The lowest BCUT2D eigenvalue weighted by Crippen LogP contribution is -2.55. The van der Waals surface area contributed by atoms with Gasteiger partial charge in [0, 0.05) is 11.6 Å². The van der Waals surface area contributed by atoms with E-state index in [9.17, 15) is 14.4 Å². The highest BCUT2D eigenvalue weighted by atomic mass is 16.5. The molecule has 0 N–H and O–H groups in total. The van der Waals surface area contributed by atoms with Gasteiger partial charge in [0.05, 0.1) is 32.6 Å². The Morgan fingerprint density at radius 1 is 1.06 bits per heavy atom. The summed E-state index contributed by atoms with van der Waals surface area (Å²) in [6.07, 6.45) is 5.13. The number of para-hydroxylation sites is 1. The van der Waals surface area contributed by atoms with Crippen LogP contribution in [-0.2, 0) is 25.7 Å². The Morgan fingerprint density at radius 3 is 2.53 bits per heavy atom. The van der Waals surface area contributed by atoms with E-state index in [4.69, 9.17) is 9.47 Å². The first-order chi connectivity index (χ1) is 16.5. The van der Waals surface area contributed by atoms with E-state index in [0.29, 0.717) is 18.7 Å². The average Bonchev–Trinajstić information content (AvgIpc) is 3.49. The van der Waals surface area contributed by atoms with Crippen molar-refractivity contribution in [1.82, 2.24) is 9.80 Å². The topological polar surface area (TPSA) is 76.2 Å². The van der Waals surface area contributed by atoms with Crippen molar-refractivity contribution in [3.05, 3.63) is 71.8 Å². The molecule has 0 radical (unpaired) electrons. The molecule has 176 valence electrons. The molecule has 3 saturated heterocycles. The van der Waals surface area contributed by atoms with Crippen LogP contribution in [0, 0.1) is 11.8 Å². The molecule has 0 saturated carbocycles. The highest BCUT2D eigenvalue weighted by Gasteiger charge is 2.72. The Bertz CT molecular complexity index is 1150. The average molecular weight is 461 g/mol. The van der Waals surface area contributed by atoms with Gasteiger partial charge >= 0.3 is 5.97 Å². The van der Waals surface area contributed by atoms with Crippen molar-refractivity contribution in [3.8, 4) is 5.75 Å². The molecule has 0 aliphatic carbocycles. The second-order valence-electron chi connectivity index (χ2n) is 9.06. The number of carbonyl (C=O) groups excluding carboxylic acids is 3. The summed E-state index contributed by atoms with van der Waals surface area (Å²) < 4.78 is 10.7. The van der Waals surface area contributed by atoms with Crippen molar-refractivity contribution in [2.45, 2.75) is 31.0 Å². The summed E-state index contributed by atoms with van der Waals surface area (Å²) in [4.78, 5) is 44.0. The predicted molar refractivity (Wildman–Crippen MR) is 125 cm³/mol. The maximum atomic E-state index is 13.7. The van der Waals surface area contributed by atoms with Crippen molar-refractivity contribution < 1.29 is 23.9 Å². The third-order valence-corrected chi connectivity index (χ3v) is 7.49. The van der Waals surface area contributed by atoms with Crippen LogP contribution in [-0.4, -0.2) is 59.9 Å². The number of likely N-dealkylation sites (tertiary alicyclic amines) is 1. The number of carbonyl (C=O) groups is 3. The van der Waals surface area contributed by atoms with Crippen molar-refractivity contribution in [3.63, 3.8) is 0 Å². The molecule has 2 aromatic carbocycles. The molecule has 2 aromatic rings. The van der Waals surface area contributed by atoms with Crippen LogP contribution in [0.5, 0.6) is 5.75 Å². The van der Waals surface area contributed by atoms with Crippen LogP contribution in [0.4, 0.5) is 0 Å². The minimum atomic E-state index is -1.12. The van der Waals surface area contributed by atoms with Gasteiger partial charge in [-0.1, -0.05) is 60.7 Å². The number of hydrogen-bond donors (Lipinski definition) is 0. The molecule has 3 aliphatic rings. The molecule has 3 aliphatic heterocycles. The molecule has 0 spiro atoms. The lowest BCUT2D eigenvalue weighted by molar-refractivity contribution is -0.159. The standard InChI is InChI=1S/C27H28N2O5/c1-33-21-12-7-6-11-19(21)13-14-20-22-23(27(26(32)34-2)15-8-16-29(20)27)25(31)28(24(22)30)17-18-9-4-3-5-10-18/h3-7,9-14,20,22-23H,8,15-17H2,1-2H3/b14-13+/t20-,22+,23-,27+/m1/s1. The first-order valence-corrected chi connectivity index (χ1v) is 11.6. The minimum absolute atomic E-state index is 0.200. The maximum absolute atomic E-state index is 13.7. The van der Waals surface area contributed by atoms with E-state index in [1.807, 2.05) is 71.6 Å². The molecule has 7 nitrogen and oxygen atoms in total. The van der Waals surface area contributed by atoms with E-state index in [1.54, 1.807) is 7.11 Å². The van der Waals surface area contributed by atoms with Crippen LogP contribution < -0.4 is 4.74 Å². The second-order valence-corrected chi connectivity index (χ2v) is 9.06. The van der Waals surface area contributed by atoms with Gasteiger partial charge in [-0.15, -0.1) is 0 Å². The van der Waals surface area contributed by atoms with Crippen LogP contribution >= 0.6 is 0 Å². The third kappa shape index (κ3) is 3.26. The summed E-state index contributed by atoms with van der Waals surface area (Å²) in [5, 5.41) is 0. The fourth-order valence-electron chi connectivity index (χ4n) is 6.08. The van der Waals surface area contributed by atoms with E-state index in [1.165, 1.54) is 12.0 Å². The molecule has 3 fully saturated rings. The zero-order valence-electron chi connectivity index (χ0n) is 19.3. The molecule has 0 aromatic heterocycles. The number of esters is 1. The van der Waals surface area contributed by atoms with Crippen molar-refractivity contribution >= 4 is 23.9 Å². The summed E-state index contributed by atoms with van der Waals surface area (Å²) in [6.45, 7) is 0.827. The maximum Gasteiger partial charge on any atom is 0.327 e. The Balaban J connectivity index is 1.56. The number of benzene rings is 2. The number of rotatable bonds is 6. The van der Waals surface area contributed by atoms with Gasteiger partial charge in [0.1, 0.15) is 11.3 Å². The normalized spacial score (nSPS) is 28.4. The van der Waals surface area contributed by atoms with Crippen LogP contribution in [0.2, 0.25) is 0 Å². The van der Waals surface area contributed by atoms with E-state index < -0.39 is 29.4 Å². The Kier molecular flexibility index (Phi) is 5.73. The lowest BCUT2D eigenvalue weighted by Gasteiger charge is -2.35. The second kappa shape index (κ2) is 8.72. The number of methoxy groups -OCH3 is 2. The van der Waals surface area contributed by atoms with Gasteiger partial charge in [-0.05, 0) is 31.0 Å². The molecule has 4 atom stereocenters. The zero-order valence-corrected chi connectivity index (χ0v) is 19.3. The molecular weight excluding hydrogens is 432 g/mol. The van der Waals surface area contributed by atoms with Gasteiger partial charge in [-0.3, -0.25) is 24.2 Å². The number of amides is 2. The Morgan fingerprint density at radius 2 is 1.79 bits per heavy atom. The molecular formula is C27H28N2O5. The van der Waals surface area contributed by atoms with E-state index in [-0.39, 0.29) is 18.4 Å². The summed E-state index contributed by atoms with van der Waals surface area (Å²) in [5.41, 5.74) is 0.628. The molecule has 34 heavy (non-hydrogen) atoms. The van der Waals surface area contributed by atoms with Gasteiger partial charge in [-0.25, -0.2) is 0 Å². The molecule has 3 heterocycles. The van der Waals surface area contributed by atoms with Crippen LogP contribution in [0.25, 0.3) is 6.08 Å². The van der Waals surface area contributed by atoms with E-state index in [0.717, 1.165) is 17.5 Å². The van der Waals surface area contributed by atoms with Crippen LogP contribution in [0.1, 0.15) is 24.0 Å². The molecule has 5 rings (SSSR count). The lowest BCUT2D eigenvalue weighted by atomic mass is 9.78. The quantitative estimate of drug-likeness (QED) is 0.488. The van der Waals surface area contributed by atoms with Gasteiger partial charge in [0.15, 0.2) is 0 Å². The number of imide groups is 1. The van der Waals surface area contributed by atoms with Crippen LogP contribution in [0.3, 0.4) is 0 Å². The molecule has 0 bridgehead atoms. The highest BCUT2D eigenvalue weighted by Crippen LogP contribution is 2.54.